The molecule has 0 N–H and O–H groups in total. The number of aromatic nitrogens is 2. The highest BCUT2D eigenvalue weighted by atomic mass is 19.4. The molecule has 0 fully saturated rings. The van der Waals surface area contributed by atoms with Gasteiger partial charge in [0.25, 0.3) is 11.4 Å². The maximum absolute atomic E-state index is 12.9. The molecular formula is C13H12F3N5O4. The highest BCUT2D eigenvalue weighted by Crippen LogP contribution is 2.42. The van der Waals surface area contributed by atoms with E-state index in [1.54, 1.807) is 17.8 Å². The van der Waals surface area contributed by atoms with Gasteiger partial charge in [-0.15, -0.1) is 0 Å². The molecule has 134 valence electrons. The number of alkyl halides is 3. The lowest BCUT2D eigenvalue weighted by atomic mass is 10.1. The van der Waals surface area contributed by atoms with Gasteiger partial charge in [0.05, 0.1) is 22.0 Å². The van der Waals surface area contributed by atoms with E-state index in [0.29, 0.717) is 5.82 Å². The fraction of sp³-hybridized carbons (Fsp3) is 0.308. The normalized spacial score (nSPS) is 11.4. The summed E-state index contributed by atoms with van der Waals surface area (Å²) in [5.74, 6) is 0.422. The topological polar surface area (TPSA) is 107 Å². The van der Waals surface area contributed by atoms with Gasteiger partial charge in [-0.2, -0.15) is 13.2 Å². The number of imidazole rings is 1. The molecule has 1 aromatic carbocycles. The average molecular weight is 359 g/mol. The summed E-state index contributed by atoms with van der Waals surface area (Å²) < 4.78 is 40.3. The minimum Gasteiger partial charge on any atom is -0.356 e. The maximum atomic E-state index is 12.9. The van der Waals surface area contributed by atoms with Gasteiger partial charge in [-0.25, -0.2) is 4.98 Å². The van der Waals surface area contributed by atoms with E-state index in [-0.39, 0.29) is 18.7 Å². The fourth-order valence-corrected chi connectivity index (χ4v) is 2.28. The van der Waals surface area contributed by atoms with Gasteiger partial charge in [0.1, 0.15) is 5.82 Å². The molecule has 0 atom stereocenters. The second-order valence-corrected chi connectivity index (χ2v) is 5.19. The molecular weight excluding hydrogens is 347 g/mol. The highest BCUT2D eigenvalue weighted by Gasteiger charge is 2.38. The summed E-state index contributed by atoms with van der Waals surface area (Å²) in [6.07, 6.45) is -1.90. The molecule has 12 heteroatoms. The number of nitrogens with zero attached hydrogens (tertiary/aromatic N) is 5. The molecule has 0 aliphatic rings. The Balaban J connectivity index is 2.63. The number of hydrogen-bond acceptors (Lipinski definition) is 6. The van der Waals surface area contributed by atoms with E-state index in [2.05, 4.69) is 4.98 Å². The van der Waals surface area contributed by atoms with Crippen molar-refractivity contribution in [3.63, 3.8) is 0 Å². The zero-order valence-corrected chi connectivity index (χ0v) is 13.0. The Bertz CT molecular complexity index is 798. The van der Waals surface area contributed by atoms with Crippen LogP contribution in [0.2, 0.25) is 0 Å². The second kappa shape index (κ2) is 6.37. The smallest absolute Gasteiger partial charge is 0.356 e. The lowest BCUT2D eigenvalue weighted by Crippen LogP contribution is -2.22. The number of nitro groups is 2. The van der Waals surface area contributed by atoms with Gasteiger partial charge < -0.3 is 9.47 Å². The molecule has 9 nitrogen and oxygen atoms in total. The third-order valence-corrected chi connectivity index (χ3v) is 3.47. The van der Waals surface area contributed by atoms with Crippen LogP contribution in [0.5, 0.6) is 0 Å². The monoisotopic (exact) mass is 359 g/mol. The second-order valence-electron chi connectivity index (χ2n) is 5.19. The van der Waals surface area contributed by atoms with Gasteiger partial charge in [-0.1, -0.05) is 0 Å². The summed E-state index contributed by atoms with van der Waals surface area (Å²) in [6.45, 7) is -0.0729. The number of aryl methyl sites for hydroxylation is 1. The van der Waals surface area contributed by atoms with Crippen LogP contribution in [0.25, 0.3) is 0 Å². The van der Waals surface area contributed by atoms with Crippen molar-refractivity contribution in [1.29, 1.82) is 0 Å². The Morgan fingerprint density at radius 1 is 1.20 bits per heavy atom. The first-order valence-corrected chi connectivity index (χ1v) is 6.73. The molecule has 1 aromatic heterocycles. The van der Waals surface area contributed by atoms with Crippen molar-refractivity contribution in [1.82, 2.24) is 9.55 Å². The minimum absolute atomic E-state index is 0.0729. The Labute approximate surface area is 138 Å². The summed E-state index contributed by atoms with van der Waals surface area (Å²) in [7, 11) is 2.95. The molecule has 25 heavy (non-hydrogen) atoms. The third kappa shape index (κ3) is 3.67. The first-order valence-electron chi connectivity index (χ1n) is 6.73. The quantitative estimate of drug-likeness (QED) is 0.600. The summed E-state index contributed by atoms with van der Waals surface area (Å²) in [5.41, 5.74) is -3.98. The number of hydrogen-bond donors (Lipinski definition) is 0. The van der Waals surface area contributed by atoms with Crippen LogP contribution in [-0.2, 0) is 19.8 Å². The highest BCUT2D eigenvalue weighted by molar-refractivity contribution is 5.76. The average Bonchev–Trinajstić information content (AvgIpc) is 2.89. The summed E-state index contributed by atoms with van der Waals surface area (Å²) in [5, 5.41) is 22.4. The number of rotatable bonds is 5. The van der Waals surface area contributed by atoms with Crippen molar-refractivity contribution in [3.8, 4) is 0 Å². The molecule has 1 heterocycles. The standard InChI is InChI=1S/C13H12F3N5O4/c1-18-4-3-17-11(18)7-19(2)12-9(20(22)23)5-8(13(14,15)16)6-10(12)21(24)25/h3-6H,7H2,1-2H3. The fourth-order valence-electron chi connectivity index (χ4n) is 2.28. The van der Waals surface area contributed by atoms with Crippen molar-refractivity contribution < 1.29 is 23.0 Å². The minimum atomic E-state index is -4.95. The Kier molecular flexibility index (Phi) is 4.63. The summed E-state index contributed by atoms with van der Waals surface area (Å²) >= 11 is 0. The van der Waals surface area contributed by atoms with Crippen LogP contribution < -0.4 is 4.90 Å². The van der Waals surface area contributed by atoms with E-state index < -0.39 is 38.6 Å². The first kappa shape index (κ1) is 18.2. The molecule has 0 bridgehead atoms. The number of benzene rings is 1. The van der Waals surface area contributed by atoms with Crippen molar-refractivity contribution in [2.45, 2.75) is 12.7 Å². The summed E-state index contributed by atoms with van der Waals surface area (Å²) in [6, 6.07) is 0.578. The number of nitro benzene ring substituents is 2. The van der Waals surface area contributed by atoms with Gasteiger partial charge in [-0.05, 0) is 0 Å². The first-order chi connectivity index (χ1) is 11.5. The van der Waals surface area contributed by atoms with E-state index in [4.69, 9.17) is 0 Å². The Morgan fingerprint density at radius 3 is 2.08 bits per heavy atom. The lowest BCUT2D eigenvalue weighted by Gasteiger charge is -2.19. The van der Waals surface area contributed by atoms with Gasteiger partial charge in [0.2, 0.25) is 0 Å². The lowest BCUT2D eigenvalue weighted by molar-refractivity contribution is -0.393. The molecule has 0 spiro atoms. The van der Waals surface area contributed by atoms with Crippen LogP contribution in [-0.4, -0.2) is 26.4 Å². The van der Waals surface area contributed by atoms with Gasteiger partial charge >= 0.3 is 6.18 Å². The van der Waals surface area contributed by atoms with Crippen molar-refractivity contribution in [2.24, 2.45) is 7.05 Å². The van der Waals surface area contributed by atoms with E-state index >= 15 is 0 Å². The molecule has 0 unspecified atom stereocenters. The third-order valence-electron chi connectivity index (χ3n) is 3.47. The number of halogens is 3. The largest absolute Gasteiger partial charge is 0.416 e. The molecule has 2 aromatic rings. The predicted molar refractivity (Wildman–Crippen MR) is 80.1 cm³/mol. The van der Waals surface area contributed by atoms with Crippen molar-refractivity contribution >= 4 is 17.1 Å². The van der Waals surface area contributed by atoms with E-state index in [1.165, 1.54) is 13.2 Å². The van der Waals surface area contributed by atoms with Crippen molar-refractivity contribution in [3.05, 3.63) is 56.1 Å². The van der Waals surface area contributed by atoms with Crippen LogP contribution in [0.3, 0.4) is 0 Å². The van der Waals surface area contributed by atoms with E-state index in [9.17, 15) is 33.4 Å². The zero-order valence-electron chi connectivity index (χ0n) is 13.0. The van der Waals surface area contributed by atoms with Crippen LogP contribution in [0.1, 0.15) is 11.4 Å². The molecule has 2 rings (SSSR count). The van der Waals surface area contributed by atoms with Crippen LogP contribution in [0, 0.1) is 20.2 Å². The molecule has 0 saturated carbocycles. The molecule has 0 saturated heterocycles. The number of anilines is 1. The van der Waals surface area contributed by atoms with Crippen LogP contribution in [0.4, 0.5) is 30.2 Å². The molecule has 0 aliphatic carbocycles. The summed E-state index contributed by atoms with van der Waals surface area (Å²) in [4.78, 5) is 25.4. The maximum Gasteiger partial charge on any atom is 0.416 e. The van der Waals surface area contributed by atoms with Crippen LogP contribution >= 0.6 is 0 Å². The van der Waals surface area contributed by atoms with E-state index in [0.717, 1.165) is 4.90 Å². The Morgan fingerprint density at radius 2 is 1.72 bits per heavy atom. The zero-order chi connectivity index (χ0) is 18.9. The van der Waals surface area contributed by atoms with Gasteiger partial charge in [0, 0.05) is 38.6 Å². The molecule has 0 aliphatic heterocycles. The van der Waals surface area contributed by atoms with Crippen molar-refractivity contribution in [2.75, 3.05) is 11.9 Å². The SMILES string of the molecule is CN(Cc1nccn1C)c1c([N+](=O)[O-])cc(C(F)(F)F)cc1[N+](=O)[O-]. The van der Waals surface area contributed by atoms with Gasteiger partial charge in [-0.3, -0.25) is 20.2 Å². The van der Waals surface area contributed by atoms with Crippen LogP contribution in [0.15, 0.2) is 24.5 Å². The predicted octanol–water partition coefficient (Wildman–Crippen LogP) is 2.89. The molecule has 0 radical (unpaired) electrons. The molecule has 0 amide bonds. The van der Waals surface area contributed by atoms with E-state index in [1.807, 2.05) is 0 Å². The Hall–Kier alpha value is -3.18. The van der Waals surface area contributed by atoms with Gasteiger partial charge in [0.15, 0.2) is 5.69 Å².